The van der Waals surface area contributed by atoms with Crippen LogP contribution < -0.4 is 4.72 Å². The van der Waals surface area contributed by atoms with Crippen LogP contribution >= 0.6 is 11.6 Å². The second kappa shape index (κ2) is 5.86. The number of hydrogen-bond donors (Lipinski definition) is 3. The van der Waals surface area contributed by atoms with E-state index >= 15 is 0 Å². The van der Waals surface area contributed by atoms with Gasteiger partial charge in [0.25, 0.3) is 0 Å². The lowest BCUT2D eigenvalue weighted by Crippen LogP contribution is -2.43. The lowest BCUT2D eigenvalue weighted by atomic mass is 10.1. The van der Waals surface area contributed by atoms with Crippen LogP contribution in [0.15, 0.2) is 23.1 Å². The molecule has 1 atom stereocenters. The molecule has 0 saturated heterocycles. The molecule has 0 radical (unpaired) electrons. The second-order valence-electron chi connectivity index (χ2n) is 4.23. The van der Waals surface area contributed by atoms with Crippen molar-refractivity contribution in [3.05, 3.63) is 28.8 Å². The van der Waals surface area contributed by atoms with Gasteiger partial charge in [-0.3, -0.25) is 0 Å². The summed E-state index contributed by atoms with van der Waals surface area (Å²) in [6.07, 6.45) is 0. The normalized spacial score (nSPS) is 14.7. The zero-order valence-electron chi connectivity index (χ0n) is 10.1. The van der Waals surface area contributed by atoms with Crippen molar-refractivity contribution in [2.45, 2.75) is 17.4 Å². The molecule has 0 aliphatic rings. The fourth-order valence-corrected chi connectivity index (χ4v) is 2.77. The zero-order valence-corrected chi connectivity index (χ0v) is 11.7. The standard InChI is InChI=1S/C11H13ClN2O4S/c1-11(16,7-15)6-14-19(17,18)10-4-9(12)3-2-8(10)5-13/h2-4,14-16H,6-7H2,1H3. The smallest absolute Gasteiger partial charge is 0.242 e. The molecule has 19 heavy (non-hydrogen) atoms. The third kappa shape index (κ3) is 4.16. The molecule has 1 rings (SSSR count). The molecule has 0 saturated carbocycles. The van der Waals surface area contributed by atoms with Crippen molar-refractivity contribution in [1.82, 2.24) is 4.72 Å². The molecule has 0 aliphatic heterocycles. The molecule has 0 fully saturated rings. The summed E-state index contributed by atoms with van der Waals surface area (Å²) < 4.78 is 26.1. The van der Waals surface area contributed by atoms with Gasteiger partial charge in [0.2, 0.25) is 10.0 Å². The van der Waals surface area contributed by atoms with Crippen molar-refractivity contribution in [3.8, 4) is 6.07 Å². The van der Waals surface area contributed by atoms with Gasteiger partial charge in [-0.05, 0) is 25.1 Å². The summed E-state index contributed by atoms with van der Waals surface area (Å²) in [5.74, 6) is 0. The SMILES string of the molecule is CC(O)(CO)CNS(=O)(=O)c1cc(Cl)ccc1C#N. The summed E-state index contributed by atoms with van der Waals surface area (Å²) in [5, 5.41) is 27.4. The predicted octanol–water partition coefficient (Wildman–Crippen LogP) is 0.233. The molecule has 0 spiro atoms. The molecule has 8 heteroatoms. The number of benzene rings is 1. The van der Waals surface area contributed by atoms with Gasteiger partial charge >= 0.3 is 0 Å². The lowest BCUT2D eigenvalue weighted by molar-refractivity contribution is 0.00681. The van der Waals surface area contributed by atoms with Crippen molar-refractivity contribution < 1.29 is 18.6 Å². The molecule has 0 aliphatic carbocycles. The van der Waals surface area contributed by atoms with Crippen molar-refractivity contribution >= 4 is 21.6 Å². The first-order valence-corrected chi connectivity index (χ1v) is 7.10. The maximum Gasteiger partial charge on any atom is 0.242 e. The average Bonchev–Trinajstić information content (AvgIpc) is 2.37. The minimum absolute atomic E-state index is 0.0551. The van der Waals surface area contributed by atoms with Crippen LogP contribution in [0.25, 0.3) is 0 Å². The van der Waals surface area contributed by atoms with Crippen molar-refractivity contribution in [2.75, 3.05) is 13.2 Å². The molecule has 0 amide bonds. The molecule has 1 aromatic carbocycles. The van der Waals surface area contributed by atoms with Gasteiger partial charge < -0.3 is 10.2 Å². The number of nitrogens with one attached hydrogen (secondary N) is 1. The van der Waals surface area contributed by atoms with Crippen molar-refractivity contribution in [2.24, 2.45) is 0 Å². The highest BCUT2D eigenvalue weighted by molar-refractivity contribution is 7.89. The first kappa shape index (κ1) is 15.9. The Kier molecular flexibility index (Phi) is 4.90. The van der Waals surface area contributed by atoms with E-state index in [4.69, 9.17) is 22.0 Å². The van der Waals surface area contributed by atoms with Crippen LogP contribution in [0, 0.1) is 11.3 Å². The molecule has 1 unspecified atom stereocenters. The fourth-order valence-electron chi connectivity index (χ4n) is 1.20. The van der Waals surface area contributed by atoms with E-state index < -0.39 is 22.2 Å². The Morgan fingerprint density at radius 1 is 1.53 bits per heavy atom. The Labute approximate surface area is 116 Å². The maximum absolute atomic E-state index is 12.0. The first-order valence-electron chi connectivity index (χ1n) is 5.24. The summed E-state index contributed by atoms with van der Waals surface area (Å²) in [6, 6.07) is 5.60. The van der Waals surface area contributed by atoms with E-state index in [1.54, 1.807) is 6.07 Å². The summed E-state index contributed by atoms with van der Waals surface area (Å²) >= 11 is 5.71. The van der Waals surface area contributed by atoms with Gasteiger partial charge in [0.05, 0.1) is 17.8 Å². The van der Waals surface area contributed by atoms with Crippen molar-refractivity contribution in [3.63, 3.8) is 0 Å². The number of rotatable bonds is 5. The number of hydrogen-bond acceptors (Lipinski definition) is 5. The Balaban J connectivity index is 3.08. The minimum atomic E-state index is -4.00. The van der Waals surface area contributed by atoms with Gasteiger partial charge in [0, 0.05) is 11.6 Å². The summed E-state index contributed by atoms with van der Waals surface area (Å²) in [6.45, 7) is 0.290. The van der Waals surface area contributed by atoms with E-state index in [0.29, 0.717) is 0 Å². The first-order chi connectivity index (χ1) is 8.72. The minimum Gasteiger partial charge on any atom is -0.393 e. The van der Waals surface area contributed by atoms with Crippen LogP contribution in [0.1, 0.15) is 12.5 Å². The highest BCUT2D eigenvalue weighted by atomic mass is 35.5. The van der Waals surface area contributed by atoms with Gasteiger partial charge in [-0.2, -0.15) is 5.26 Å². The van der Waals surface area contributed by atoms with E-state index in [-0.39, 0.29) is 22.0 Å². The zero-order chi connectivity index (χ0) is 14.7. The Bertz CT molecular complexity index is 608. The predicted molar refractivity (Wildman–Crippen MR) is 69.1 cm³/mol. The van der Waals surface area contributed by atoms with Gasteiger partial charge in [-0.25, -0.2) is 13.1 Å². The van der Waals surface area contributed by atoms with Crippen LogP contribution in [-0.4, -0.2) is 37.4 Å². The van der Waals surface area contributed by atoms with E-state index in [1.807, 2.05) is 0 Å². The van der Waals surface area contributed by atoms with Crippen LogP contribution in [0.4, 0.5) is 0 Å². The van der Waals surface area contributed by atoms with E-state index in [9.17, 15) is 13.5 Å². The average molecular weight is 305 g/mol. The maximum atomic E-state index is 12.0. The number of nitriles is 1. The number of aliphatic hydroxyl groups is 2. The number of nitrogens with zero attached hydrogens (tertiary/aromatic N) is 1. The molecular weight excluding hydrogens is 292 g/mol. The Morgan fingerprint density at radius 2 is 2.16 bits per heavy atom. The molecule has 0 heterocycles. The molecule has 104 valence electrons. The van der Waals surface area contributed by atoms with Crippen LogP contribution in [-0.2, 0) is 10.0 Å². The third-order valence-corrected chi connectivity index (χ3v) is 4.01. The third-order valence-electron chi connectivity index (χ3n) is 2.34. The van der Waals surface area contributed by atoms with Gasteiger partial charge in [0.15, 0.2) is 0 Å². The quantitative estimate of drug-likeness (QED) is 0.721. The fraction of sp³-hybridized carbons (Fsp3) is 0.364. The lowest BCUT2D eigenvalue weighted by Gasteiger charge is -2.20. The monoisotopic (exact) mass is 304 g/mol. The summed E-state index contributed by atoms with van der Waals surface area (Å²) in [5.41, 5.74) is -1.64. The number of halogens is 1. The number of aliphatic hydroxyl groups excluding tert-OH is 1. The van der Waals surface area contributed by atoms with Crippen LogP contribution in [0.5, 0.6) is 0 Å². The molecule has 0 aromatic heterocycles. The Morgan fingerprint density at radius 3 is 2.68 bits per heavy atom. The van der Waals surface area contributed by atoms with E-state index in [1.165, 1.54) is 19.1 Å². The highest BCUT2D eigenvalue weighted by Gasteiger charge is 2.25. The summed E-state index contributed by atoms with van der Waals surface area (Å²) in [4.78, 5) is -0.267. The number of sulfonamides is 1. The molecular formula is C11H13ClN2O4S. The topological polar surface area (TPSA) is 110 Å². The van der Waals surface area contributed by atoms with Gasteiger partial charge in [0.1, 0.15) is 11.0 Å². The van der Waals surface area contributed by atoms with Gasteiger partial charge in [-0.15, -0.1) is 0 Å². The summed E-state index contributed by atoms with van der Waals surface area (Å²) in [7, 11) is -4.00. The van der Waals surface area contributed by atoms with Crippen LogP contribution in [0.3, 0.4) is 0 Å². The van der Waals surface area contributed by atoms with Crippen molar-refractivity contribution in [1.29, 1.82) is 5.26 Å². The molecule has 3 N–H and O–H groups in total. The van der Waals surface area contributed by atoms with E-state index in [0.717, 1.165) is 6.07 Å². The van der Waals surface area contributed by atoms with E-state index in [2.05, 4.69) is 4.72 Å². The molecule has 6 nitrogen and oxygen atoms in total. The van der Waals surface area contributed by atoms with Crippen LogP contribution in [0.2, 0.25) is 5.02 Å². The highest BCUT2D eigenvalue weighted by Crippen LogP contribution is 2.20. The largest absolute Gasteiger partial charge is 0.393 e. The molecule has 0 bridgehead atoms. The second-order valence-corrected chi connectivity index (χ2v) is 6.40. The van der Waals surface area contributed by atoms with Gasteiger partial charge in [-0.1, -0.05) is 11.6 Å². The Hall–Kier alpha value is -1.17. The molecule has 1 aromatic rings.